The van der Waals surface area contributed by atoms with Gasteiger partial charge in [0.1, 0.15) is 62.8 Å². The van der Waals surface area contributed by atoms with Crippen molar-refractivity contribution in [2.45, 2.75) is 0 Å². The Hall–Kier alpha value is -7.36. The van der Waals surface area contributed by atoms with Gasteiger partial charge in [-0.15, -0.1) is 10.9 Å². The van der Waals surface area contributed by atoms with Crippen LogP contribution in [-0.2, 0) is 0 Å². The van der Waals surface area contributed by atoms with E-state index in [0.717, 1.165) is 33.5 Å². The second-order valence-electron chi connectivity index (χ2n) is 18.4. The van der Waals surface area contributed by atoms with Crippen molar-refractivity contribution in [1.82, 2.24) is 14.5 Å². The molecule has 0 atom stereocenters. The van der Waals surface area contributed by atoms with E-state index in [1.54, 1.807) is 0 Å². The predicted octanol–water partition coefficient (Wildman–Crippen LogP) is 0.796. The summed E-state index contributed by atoms with van der Waals surface area (Å²) in [6.45, 7) is 0. The quantitative estimate of drug-likeness (QED) is 0.223. The highest BCUT2D eigenvalue weighted by Gasteiger charge is 2.23. The highest BCUT2D eigenvalue weighted by molar-refractivity contribution is 6.71. The van der Waals surface area contributed by atoms with Crippen LogP contribution in [0.1, 0.15) is 0 Å². The molecule has 2 aromatic heterocycles. The lowest BCUT2D eigenvalue weighted by atomic mass is 9.63. The van der Waals surface area contributed by atoms with E-state index in [9.17, 15) is 0 Å². The van der Waals surface area contributed by atoms with Crippen LogP contribution in [0.25, 0.3) is 106 Å². The van der Waals surface area contributed by atoms with Crippen LogP contribution in [-0.4, -0.2) is 77.3 Å². The van der Waals surface area contributed by atoms with Gasteiger partial charge >= 0.3 is 0 Å². The van der Waals surface area contributed by atoms with Gasteiger partial charge in [-0.2, -0.15) is 0 Å². The minimum Gasteiger partial charge on any atom is -0.310 e. The number of nitrogens with zero attached hydrogens (tertiary/aromatic N) is 3. The van der Waals surface area contributed by atoms with Crippen molar-refractivity contribution in [2.24, 2.45) is 0 Å². The molecule has 0 radical (unpaired) electrons. The molecule has 0 unspecified atom stereocenters. The molecule has 0 aliphatic rings. The van der Waals surface area contributed by atoms with Crippen LogP contribution < -0.4 is 43.7 Å². The molecule has 11 aromatic rings. The van der Waals surface area contributed by atoms with E-state index in [4.69, 9.17) is 9.97 Å². The van der Waals surface area contributed by atoms with E-state index in [1.165, 1.54) is 110 Å². The monoisotopic (exact) mass is 847 g/mol. The lowest BCUT2D eigenvalue weighted by Gasteiger charge is -2.17. The fraction of sp³-hybridized carbons (Fsp3) is 0. The molecule has 3 nitrogen and oxygen atoms in total. The van der Waals surface area contributed by atoms with Gasteiger partial charge in [0.25, 0.3) is 0 Å². The normalized spacial score (nSPS) is 11.5. The van der Waals surface area contributed by atoms with Crippen LogP contribution >= 0.6 is 0 Å². The first-order valence-electron chi connectivity index (χ1n) is 23.4. The molecule has 0 fully saturated rings. The second-order valence-corrected chi connectivity index (χ2v) is 18.4. The van der Waals surface area contributed by atoms with Gasteiger partial charge in [-0.1, -0.05) is 191 Å². The van der Waals surface area contributed by atoms with Gasteiger partial charge in [0.05, 0.1) is 11.4 Å². The lowest BCUT2D eigenvalue weighted by Crippen LogP contribution is -2.49. The summed E-state index contributed by atoms with van der Waals surface area (Å²) in [5.41, 5.74) is 26.9. The molecule has 11 rings (SSSR count). The fourth-order valence-electron chi connectivity index (χ4n) is 10.5. The molecular formula is C56H45B8N3. The first kappa shape index (κ1) is 42.3. The number of fused-ring (bicyclic) bond motifs is 4. The highest BCUT2D eigenvalue weighted by Crippen LogP contribution is 2.38. The maximum absolute atomic E-state index is 5.23. The molecule has 9 aromatic carbocycles. The molecule has 0 N–H and O–H groups in total. The van der Waals surface area contributed by atoms with Crippen molar-refractivity contribution in [1.29, 1.82) is 0 Å². The highest BCUT2D eigenvalue weighted by atomic mass is 15.0. The van der Waals surface area contributed by atoms with Gasteiger partial charge in [0.2, 0.25) is 0 Å². The minimum absolute atomic E-state index is 0.706. The zero-order valence-corrected chi connectivity index (χ0v) is 39.6. The molecule has 0 spiro atoms. The summed E-state index contributed by atoms with van der Waals surface area (Å²) in [7, 11) is 18.4. The van der Waals surface area contributed by atoms with E-state index >= 15 is 0 Å². The van der Waals surface area contributed by atoms with Crippen LogP contribution in [0.5, 0.6) is 0 Å². The summed E-state index contributed by atoms with van der Waals surface area (Å²) in [5, 5.41) is 5.12. The average Bonchev–Trinajstić information content (AvgIpc) is 3.75. The van der Waals surface area contributed by atoms with Gasteiger partial charge < -0.3 is 4.57 Å². The summed E-state index contributed by atoms with van der Waals surface area (Å²) >= 11 is 0. The van der Waals surface area contributed by atoms with Gasteiger partial charge in [0.15, 0.2) is 5.82 Å². The largest absolute Gasteiger partial charge is 0.310 e. The Balaban J connectivity index is 0.956. The molecule has 308 valence electrons. The Bertz CT molecular complexity index is 3670. The third kappa shape index (κ3) is 7.11. The van der Waals surface area contributed by atoms with Crippen molar-refractivity contribution >= 4 is 139 Å². The summed E-state index contributed by atoms with van der Waals surface area (Å²) in [4.78, 5) is 10.4. The molecule has 0 bridgehead atoms. The zero-order chi connectivity index (χ0) is 46.1. The van der Waals surface area contributed by atoms with Crippen LogP contribution in [0.2, 0.25) is 0 Å². The maximum Gasteiger partial charge on any atom is 0.160 e. The van der Waals surface area contributed by atoms with Crippen LogP contribution in [0.3, 0.4) is 0 Å². The van der Waals surface area contributed by atoms with Crippen LogP contribution in [0, 0.1) is 0 Å². The number of aromatic nitrogens is 3. The molecule has 0 saturated carbocycles. The average molecular weight is 846 g/mol. The zero-order valence-electron chi connectivity index (χ0n) is 39.6. The summed E-state index contributed by atoms with van der Waals surface area (Å²) < 4.78 is 2.55. The Morgan fingerprint density at radius 1 is 0.299 bits per heavy atom. The number of rotatable bonds is 7. The molecule has 67 heavy (non-hydrogen) atoms. The van der Waals surface area contributed by atoms with E-state index < -0.39 is 0 Å². The Morgan fingerprint density at radius 3 is 1.22 bits per heavy atom. The first-order valence-corrected chi connectivity index (χ1v) is 23.4. The number of hydrogen-bond donors (Lipinski definition) is 0. The Labute approximate surface area is 400 Å². The van der Waals surface area contributed by atoms with Crippen LogP contribution in [0.15, 0.2) is 176 Å². The third-order valence-corrected chi connectivity index (χ3v) is 14.9. The molecular weight excluding hydrogens is 801 g/mol. The molecule has 11 heteroatoms. The standard InChI is InChI=1S/C56H45B8N3/c57-46-44-45-47(58)49(60)51(62)53(64)55(45)67(54(44)52(63)50(61)48(46)59)37-25-23-33(24-26-37)32-15-19-34(20-16-32)38-27-28-41(40-14-8-7-13-39(38)40)43-29-42(65-56(66-43)36-11-5-2-6-12-36)35-21-17-31(18-22-35)30-9-3-1-4-10-30/h1-29H,57-64H2. The molecule has 2 heterocycles. The van der Waals surface area contributed by atoms with Crippen molar-refractivity contribution < 1.29 is 0 Å². The van der Waals surface area contributed by atoms with Crippen LogP contribution in [0.4, 0.5) is 0 Å². The topological polar surface area (TPSA) is 30.7 Å². The Kier molecular flexibility index (Phi) is 10.6. The van der Waals surface area contributed by atoms with Crippen molar-refractivity contribution in [3.8, 4) is 73.0 Å². The van der Waals surface area contributed by atoms with E-state index in [1.807, 2.05) is 18.2 Å². The SMILES string of the molecule is Bc1c(B)c(B)c2c(c1B)c1c(B)c(B)c(B)c(B)c1n2-c1ccc(-c2ccc(-c3ccc(-c4cc(-c5ccc(-c6ccccc6)cc5)nc(-c5ccccc5)n4)c4ccccc34)cc2)cc1. The third-order valence-electron chi connectivity index (χ3n) is 14.9. The molecule has 0 amide bonds. The van der Waals surface area contributed by atoms with E-state index in [2.05, 4.69) is 225 Å². The fourth-order valence-corrected chi connectivity index (χ4v) is 10.5. The second kappa shape index (κ2) is 16.8. The van der Waals surface area contributed by atoms with Crippen molar-refractivity contribution in [3.63, 3.8) is 0 Å². The summed E-state index contributed by atoms with van der Waals surface area (Å²) in [5.74, 6) is 0.706. The summed E-state index contributed by atoms with van der Waals surface area (Å²) in [6.07, 6.45) is 0. The molecule has 0 aliphatic carbocycles. The molecule has 0 aliphatic heterocycles. The predicted molar refractivity (Wildman–Crippen MR) is 312 cm³/mol. The minimum atomic E-state index is 0.706. The first-order chi connectivity index (χ1) is 32.6. The molecule has 0 saturated heterocycles. The van der Waals surface area contributed by atoms with Gasteiger partial charge in [-0.25, -0.2) is 9.97 Å². The number of benzene rings is 9. The van der Waals surface area contributed by atoms with E-state index in [-0.39, 0.29) is 0 Å². The Morgan fingerprint density at radius 2 is 0.687 bits per heavy atom. The van der Waals surface area contributed by atoms with E-state index in [0.29, 0.717) is 5.82 Å². The van der Waals surface area contributed by atoms with Gasteiger partial charge in [-0.05, 0) is 73.1 Å². The van der Waals surface area contributed by atoms with Gasteiger partial charge in [0, 0.05) is 33.4 Å². The smallest absolute Gasteiger partial charge is 0.160 e. The van der Waals surface area contributed by atoms with Crippen molar-refractivity contribution in [3.05, 3.63) is 176 Å². The maximum atomic E-state index is 5.23. The van der Waals surface area contributed by atoms with Crippen molar-refractivity contribution in [2.75, 3.05) is 0 Å². The lowest BCUT2D eigenvalue weighted by molar-refractivity contribution is 1.18. The van der Waals surface area contributed by atoms with Gasteiger partial charge in [-0.3, -0.25) is 0 Å². The number of hydrogen-bond acceptors (Lipinski definition) is 2. The summed E-state index contributed by atoms with van der Waals surface area (Å²) in [6, 6.07) is 63.1.